The van der Waals surface area contributed by atoms with Crippen LogP contribution in [-0.4, -0.2) is 16.4 Å². The second kappa shape index (κ2) is 6990. The van der Waals surface area contributed by atoms with Gasteiger partial charge in [-0.3, -0.25) is 18.8 Å². The summed E-state index contributed by atoms with van der Waals surface area (Å²) in [7, 11) is 0. The predicted octanol–water partition coefficient (Wildman–Crippen LogP) is -1.67. The Hall–Kier alpha value is -0.103. The zero-order chi connectivity index (χ0) is 0. The topological polar surface area (TPSA) is 31.5 Å². The molecular weight excluding hydrogens is 120 g/mol. The first kappa shape index (κ1) is 13300. The van der Waals surface area contributed by atoms with Crippen molar-refractivity contribution in [3.05, 3.63) is 0 Å². The van der Waals surface area contributed by atoms with Gasteiger partial charge in [-0.1, -0.05) is 0 Å². The van der Waals surface area contributed by atoms with Gasteiger partial charge in [-0.2, -0.15) is 0 Å². The lowest BCUT2D eigenvalue weighted by atomic mass is 16.0. The molecule has 0 aromatic rings. The Bertz CT molecular complexity index is 7.51. The highest BCUT2D eigenvalue weighted by molar-refractivity contribution is 5.75. The van der Waals surface area contributed by atoms with Crippen LogP contribution in [0.25, 0.3) is 0 Å². The lowest BCUT2D eigenvalue weighted by Crippen LogP contribution is -0.381. The normalized spacial score (nSPS) is 0. The maximum atomic E-state index is 0. The SMILES string of the molecule is F.F.F.F.O.[SiH4]. The molecule has 6 heavy (non-hydrogen) atoms. The predicted molar refractivity (Wildman–Crippen MR) is 25.0 cm³/mol. The van der Waals surface area contributed by atoms with E-state index in [-0.39, 0.29) is 35.3 Å². The molecule has 0 unspecified atom stereocenters. The van der Waals surface area contributed by atoms with Gasteiger partial charge in [-0.25, -0.2) is 0 Å². The smallest absolute Gasteiger partial charge is 0.0149 e. The molecule has 0 fully saturated rings. The molecule has 0 rings (SSSR count). The fourth-order valence-corrected chi connectivity index (χ4v) is 0. The van der Waals surface area contributed by atoms with E-state index in [0.717, 1.165) is 0 Å². The minimum absolute atomic E-state index is 0. The van der Waals surface area contributed by atoms with Crippen molar-refractivity contribution in [2.75, 3.05) is 0 Å². The average molecular weight is 130 g/mol. The van der Waals surface area contributed by atoms with Gasteiger partial charge in [0.25, 0.3) is 0 Å². The van der Waals surface area contributed by atoms with Crippen LogP contribution in [0.4, 0.5) is 18.8 Å². The van der Waals surface area contributed by atoms with Crippen molar-refractivity contribution in [1.82, 2.24) is 0 Å². The van der Waals surface area contributed by atoms with Gasteiger partial charge in [0.05, 0.1) is 0 Å². The van der Waals surface area contributed by atoms with Crippen molar-refractivity contribution >= 4 is 11.0 Å². The van der Waals surface area contributed by atoms with E-state index in [1.807, 2.05) is 0 Å². The molecule has 1 nitrogen and oxygen atoms in total. The molecule has 48 valence electrons. The molecule has 0 saturated carbocycles. The van der Waals surface area contributed by atoms with Crippen LogP contribution in [0.15, 0.2) is 0 Å². The first-order valence-electron chi connectivity index (χ1n) is 0. The molecule has 6 heteroatoms. The van der Waals surface area contributed by atoms with Crippen molar-refractivity contribution in [2.45, 2.75) is 0 Å². The zero-order valence-electron chi connectivity index (χ0n) is 2.13. The highest BCUT2D eigenvalue weighted by Gasteiger charge is -0.0148. The van der Waals surface area contributed by atoms with Crippen LogP contribution in [0.3, 0.4) is 0 Å². The standard InChI is InChI=1S/4FH.H2O.H4Si/h4*1H;1H2;1H4. The third kappa shape index (κ3) is 3080. The van der Waals surface area contributed by atoms with Gasteiger partial charge in [0.15, 0.2) is 0 Å². The molecule has 0 aliphatic rings. The Balaban J connectivity index is 0. The quantitative estimate of drug-likeness (QED) is 0.277. The molecular formula is H10F4OSi. The monoisotopic (exact) mass is 130 g/mol. The number of hydrogen-bond donors (Lipinski definition) is 0. The van der Waals surface area contributed by atoms with Crippen molar-refractivity contribution in [3.8, 4) is 0 Å². The molecule has 0 amide bonds. The summed E-state index contributed by atoms with van der Waals surface area (Å²) in [6.45, 7) is 0. The van der Waals surface area contributed by atoms with Gasteiger partial charge in [-0.05, 0) is 11.0 Å². The Morgan fingerprint density at radius 2 is 0.500 bits per heavy atom. The third-order valence-corrected chi connectivity index (χ3v) is 0. The summed E-state index contributed by atoms with van der Waals surface area (Å²) < 4.78 is 0. The van der Waals surface area contributed by atoms with Gasteiger partial charge in [0, 0.05) is 0 Å². The number of rotatable bonds is 0. The fraction of sp³-hybridized carbons (Fsp3) is 0. The van der Waals surface area contributed by atoms with Crippen LogP contribution in [0.2, 0.25) is 0 Å². The van der Waals surface area contributed by atoms with E-state index in [4.69, 9.17) is 0 Å². The average Bonchev–Trinajstić information content (AvgIpc) is 0. The Morgan fingerprint density at radius 3 is 0.500 bits per heavy atom. The molecule has 0 bridgehead atoms. The molecule has 0 aliphatic heterocycles. The highest BCUT2D eigenvalue weighted by Crippen LogP contribution is 0.423. The summed E-state index contributed by atoms with van der Waals surface area (Å²) in [5.74, 6) is 0. The fourth-order valence-electron chi connectivity index (χ4n) is 0. The summed E-state index contributed by atoms with van der Waals surface area (Å²) >= 11 is 0. The summed E-state index contributed by atoms with van der Waals surface area (Å²) in [5.41, 5.74) is 0. The van der Waals surface area contributed by atoms with Crippen LogP contribution in [0.1, 0.15) is 0 Å². The molecule has 0 atom stereocenters. The summed E-state index contributed by atoms with van der Waals surface area (Å²) in [6, 6.07) is 0. The largest absolute Gasteiger partial charge is 0.412 e. The number of halogens is 4. The van der Waals surface area contributed by atoms with Gasteiger partial charge in [-0.15, -0.1) is 0 Å². The lowest BCUT2D eigenvalue weighted by Gasteiger charge is -0.412. The van der Waals surface area contributed by atoms with E-state index in [9.17, 15) is 0 Å². The minimum Gasteiger partial charge on any atom is -0.412 e. The molecule has 0 aromatic carbocycles. The molecule has 0 aromatic heterocycles. The third-order valence-electron chi connectivity index (χ3n) is 0. The van der Waals surface area contributed by atoms with Crippen molar-refractivity contribution in [2.24, 2.45) is 0 Å². The molecule has 0 saturated heterocycles. The summed E-state index contributed by atoms with van der Waals surface area (Å²) in [5, 5.41) is 0. The summed E-state index contributed by atoms with van der Waals surface area (Å²) in [6.07, 6.45) is 0. The zero-order valence-corrected chi connectivity index (χ0v) is 2.13. The molecule has 0 aliphatic carbocycles. The van der Waals surface area contributed by atoms with E-state index in [2.05, 4.69) is 0 Å². The van der Waals surface area contributed by atoms with Gasteiger partial charge >= 0.3 is 0 Å². The highest BCUT2D eigenvalue weighted by atomic mass is 28.1. The molecule has 0 heterocycles. The molecule has 0 radical (unpaired) electrons. The Kier molecular flexibility index (Phi) is 15500000. The van der Waals surface area contributed by atoms with E-state index in [1.54, 1.807) is 0 Å². The van der Waals surface area contributed by atoms with E-state index >= 15 is 0 Å². The Morgan fingerprint density at radius 1 is 0.500 bits per heavy atom. The molecule has 0 spiro atoms. The number of hydrogen-bond acceptors (Lipinski definition) is 0. The lowest BCUT2D eigenvalue weighted by molar-refractivity contribution is 0.824. The van der Waals surface area contributed by atoms with Crippen LogP contribution < -0.4 is 0 Å². The minimum atomic E-state index is 0. The first-order chi connectivity index (χ1) is 0. The Labute approximate surface area is 36.5 Å². The molecule has 2 N–H and O–H groups in total. The maximum Gasteiger partial charge on any atom is -0.0149 e. The first-order valence-corrected chi connectivity index (χ1v) is 0. The van der Waals surface area contributed by atoms with Gasteiger partial charge in [0.1, 0.15) is 0 Å². The van der Waals surface area contributed by atoms with Crippen molar-refractivity contribution in [1.29, 1.82) is 0 Å². The van der Waals surface area contributed by atoms with Crippen molar-refractivity contribution in [3.63, 3.8) is 0 Å². The second-order valence-electron chi connectivity index (χ2n) is 0. The summed E-state index contributed by atoms with van der Waals surface area (Å²) in [4.78, 5) is 0. The maximum absolute atomic E-state index is 0. The van der Waals surface area contributed by atoms with Crippen LogP contribution in [0.5, 0.6) is 0 Å². The van der Waals surface area contributed by atoms with E-state index in [1.165, 1.54) is 0 Å². The van der Waals surface area contributed by atoms with Crippen molar-refractivity contribution < 1.29 is 24.3 Å². The van der Waals surface area contributed by atoms with E-state index in [0.29, 0.717) is 0 Å². The van der Waals surface area contributed by atoms with Gasteiger partial charge in [0.2, 0.25) is 0 Å². The van der Waals surface area contributed by atoms with Crippen LogP contribution >= 0.6 is 0 Å². The van der Waals surface area contributed by atoms with Gasteiger partial charge < -0.3 is 5.48 Å². The van der Waals surface area contributed by atoms with Crippen LogP contribution in [-0.2, 0) is 0 Å². The van der Waals surface area contributed by atoms with Crippen LogP contribution in [0, 0.1) is 0 Å². The van der Waals surface area contributed by atoms with E-state index < -0.39 is 0 Å². The second-order valence-corrected chi connectivity index (χ2v) is 0.